The first-order valence-corrected chi connectivity index (χ1v) is 9.04. The van der Waals surface area contributed by atoms with E-state index in [1.54, 1.807) is 11.0 Å². The molecule has 1 aliphatic heterocycles. The monoisotopic (exact) mass is 354 g/mol. The molecule has 0 bridgehead atoms. The number of amides is 1. The summed E-state index contributed by atoms with van der Waals surface area (Å²) in [6.45, 7) is 1.61. The van der Waals surface area contributed by atoms with Gasteiger partial charge in [-0.05, 0) is 36.3 Å². The molecular formula is C21H26N2O3. The van der Waals surface area contributed by atoms with Gasteiger partial charge in [-0.1, -0.05) is 36.4 Å². The highest BCUT2D eigenvalue weighted by Gasteiger charge is 2.38. The number of allylic oxidation sites excluding steroid dienone is 3. The van der Waals surface area contributed by atoms with E-state index in [4.69, 9.17) is 4.74 Å². The van der Waals surface area contributed by atoms with E-state index in [1.165, 1.54) is 0 Å². The third-order valence-electron chi connectivity index (χ3n) is 5.08. The molecule has 2 aliphatic rings. The van der Waals surface area contributed by atoms with Crippen LogP contribution in [0.4, 0.5) is 4.79 Å². The minimum Gasteiger partial charge on any atom is -0.445 e. The molecule has 0 radical (unpaired) electrons. The molecule has 5 nitrogen and oxygen atoms in total. The van der Waals surface area contributed by atoms with Gasteiger partial charge in [-0.2, -0.15) is 0 Å². The minimum absolute atomic E-state index is 0.0219. The fraction of sp³-hybridized carbons (Fsp3) is 0.429. The molecule has 138 valence electrons. The summed E-state index contributed by atoms with van der Waals surface area (Å²) < 4.78 is 5.43. The molecule has 0 atom stereocenters. The molecule has 1 aromatic carbocycles. The first kappa shape index (κ1) is 18.2. The van der Waals surface area contributed by atoms with Crippen molar-refractivity contribution in [2.45, 2.75) is 25.9 Å². The number of carbonyl (C=O) groups excluding carboxylic acids is 2. The van der Waals surface area contributed by atoms with E-state index in [0.29, 0.717) is 19.7 Å². The Morgan fingerprint density at radius 2 is 1.92 bits per heavy atom. The molecule has 5 heteroatoms. The van der Waals surface area contributed by atoms with Gasteiger partial charge in [0.1, 0.15) is 6.61 Å². The summed E-state index contributed by atoms with van der Waals surface area (Å²) in [4.78, 5) is 28.1. The summed E-state index contributed by atoms with van der Waals surface area (Å²) in [7, 11) is 3.85. The summed E-state index contributed by atoms with van der Waals surface area (Å²) in [5, 5.41) is 0. The minimum atomic E-state index is -0.261. The number of likely N-dealkylation sites (tertiary alicyclic amines) is 1. The fourth-order valence-corrected chi connectivity index (χ4v) is 3.59. The van der Waals surface area contributed by atoms with Crippen LogP contribution in [0, 0.1) is 5.41 Å². The third-order valence-corrected chi connectivity index (χ3v) is 5.08. The average Bonchev–Trinajstić information content (AvgIpc) is 2.64. The van der Waals surface area contributed by atoms with Crippen LogP contribution in [0.15, 0.2) is 54.3 Å². The quantitative estimate of drug-likeness (QED) is 0.781. The van der Waals surface area contributed by atoms with Crippen LogP contribution in [0.5, 0.6) is 0 Å². The SMILES string of the molecule is CN(C)/C=C1\CC2(C=CC1=O)CCN(C(=O)OCc1ccccc1)CC2. The predicted octanol–water partition coefficient (Wildman–Crippen LogP) is 3.38. The molecule has 0 saturated carbocycles. The van der Waals surface area contributed by atoms with Gasteiger partial charge in [-0.3, -0.25) is 4.79 Å². The molecule has 1 amide bonds. The van der Waals surface area contributed by atoms with Gasteiger partial charge in [0.05, 0.1) is 0 Å². The number of hydrogen-bond acceptors (Lipinski definition) is 4. The lowest BCUT2D eigenvalue weighted by molar-refractivity contribution is -0.112. The second-order valence-electron chi connectivity index (χ2n) is 7.38. The summed E-state index contributed by atoms with van der Waals surface area (Å²) in [6.07, 6.45) is 7.84. The van der Waals surface area contributed by atoms with Crippen molar-refractivity contribution in [3.63, 3.8) is 0 Å². The van der Waals surface area contributed by atoms with Crippen LogP contribution in [0.25, 0.3) is 0 Å². The Morgan fingerprint density at radius 3 is 2.58 bits per heavy atom. The number of nitrogens with zero attached hydrogens (tertiary/aromatic N) is 2. The molecule has 0 unspecified atom stereocenters. The van der Waals surface area contributed by atoms with Crippen molar-refractivity contribution in [1.82, 2.24) is 9.80 Å². The van der Waals surface area contributed by atoms with E-state index in [9.17, 15) is 9.59 Å². The summed E-state index contributed by atoms with van der Waals surface area (Å²) in [6, 6.07) is 9.70. The molecule has 1 heterocycles. The smallest absolute Gasteiger partial charge is 0.410 e. The van der Waals surface area contributed by atoms with Gasteiger partial charge in [-0.25, -0.2) is 4.79 Å². The van der Waals surface area contributed by atoms with Crippen LogP contribution in [0.1, 0.15) is 24.8 Å². The molecule has 1 aliphatic carbocycles. The van der Waals surface area contributed by atoms with Gasteiger partial charge >= 0.3 is 6.09 Å². The van der Waals surface area contributed by atoms with Crippen molar-refractivity contribution in [2.75, 3.05) is 27.2 Å². The Morgan fingerprint density at radius 1 is 1.23 bits per heavy atom. The van der Waals surface area contributed by atoms with E-state index >= 15 is 0 Å². The first-order chi connectivity index (χ1) is 12.5. The number of carbonyl (C=O) groups is 2. The van der Waals surface area contributed by atoms with Crippen LogP contribution in [-0.2, 0) is 16.1 Å². The molecule has 26 heavy (non-hydrogen) atoms. The zero-order chi connectivity index (χ0) is 18.6. The Hall–Kier alpha value is -2.56. The van der Waals surface area contributed by atoms with Gasteiger partial charge in [0, 0.05) is 39.0 Å². The van der Waals surface area contributed by atoms with E-state index in [1.807, 2.05) is 55.5 Å². The molecule has 1 fully saturated rings. The van der Waals surface area contributed by atoms with Crippen molar-refractivity contribution in [3.8, 4) is 0 Å². The molecule has 0 N–H and O–H groups in total. The molecule has 1 aromatic rings. The highest BCUT2D eigenvalue weighted by atomic mass is 16.6. The van der Waals surface area contributed by atoms with Crippen LogP contribution in [0.2, 0.25) is 0 Å². The maximum Gasteiger partial charge on any atom is 0.410 e. The maximum absolute atomic E-state index is 12.3. The topological polar surface area (TPSA) is 49.9 Å². The first-order valence-electron chi connectivity index (χ1n) is 9.04. The molecular weight excluding hydrogens is 328 g/mol. The van der Waals surface area contributed by atoms with Gasteiger partial charge in [0.15, 0.2) is 5.78 Å². The van der Waals surface area contributed by atoms with Gasteiger partial charge in [-0.15, -0.1) is 0 Å². The number of benzene rings is 1. The van der Waals surface area contributed by atoms with Gasteiger partial charge in [0.2, 0.25) is 0 Å². The van der Waals surface area contributed by atoms with Crippen molar-refractivity contribution in [2.24, 2.45) is 5.41 Å². The summed E-state index contributed by atoms with van der Waals surface area (Å²) >= 11 is 0. The molecule has 3 rings (SSSR count). The van der Waals surface area contributed by atoms with E-state index in [2.05, 4.69) is 6.08 Å². The fourth-order valence-electron chi connectivity index (χ4n) is 3.59. The second-order valence-corrected chi connectivity index (χ2v) is 7.38. The average molecular weight is 354 g/mol. The van der Waals surface area contributed by atoms with E-state index in [0.717, 1.165) is 30.4 Å². The van der Waals surface area contributed by atoms with Crippen LogP contribution >= 0.6 is 0 Å². The number of rotatable bonds is 3. The van der Waals surface area contributed by atoms with Crippen molar-refractivity contribution >= 4 is 11.9 Å². The zero-order valence-electron chi connectivity index (χ0n) is 15.5. The number of piperidine rings is 1. The summed E-state index contributed by atoms with van der Waals surface area (Å²) in [5.74, 6) is 0.0917. The number of ether oxygens (including phenoxy) is 1. The lowest BCUT2D eigenvalue weighted by Gasteiger charge is -2.41. The van der Waals surface area contributed by atoms with Crippen LogP contribution in [0.3, 0.4) is 0 Å². The van der Waals surface area contributed by atoms with Crippen molar-refractivity contribution < 1.29 is 14.3 Å². The standard InChI is InChI=1S/C21H26N2O3/c1-22(2)15-18-14-21(9-8-19(18)24)10-12-23(13-11-21)20(25)26-16-17-6-4-3-5-7-17/h3-9,15H,10-14,16H2,1-2H3/b18-15+. The molecule has 0 aromatic heterocycles. The molecule has 1 spiro atoms. The Bertz CT molecular complexity index is 714. The number of hydrogen-bond donors (Lipinski definition) is 0. The van der Waals surface area contributed by atoms with Crippen molar-refractivity contribution in [1.29, 1.82) is 0 Å². The van der Waals surface area contributed by atoms with Gasteiger partial charge < -0.3 is 14.5 Å². The van der Waals surface area contributed by atoms with Gasteiger partial charge in [0.25, 0.3) is 0 Å². The Labute approximate surface area is 154 Å². The normalized spacial score (nSPS) is 20.5. The largest absolute Gasteiger partial charge is 0.445 e. The highest BCUT2D eigenvalue weighted by molar-refractivity contribution is 6.05. The number of ketones is 1. The lowest BCUT2D eigenvalue weighted by atomic mass is 9.70. The summed E-state index contributed by atoms with van der Waals surface area (Å²) in [5.41, 5.74) is 1.81. The molecule has 1 saturated heterocycles. The van der Waals surface area contributed by atoms with Crippen LogP contribution < -0.4 is 0 Å². The van der Waals surface area contributed by atoms with E-state index in [-0.39, 0.29) is 17.3 Å². The van der Waals surface area contributed by atoms with Crippen molar-refractivity contribution in [3.05, 3.63) is 59.8 Å². The maximum atomic E-state index is 12.3. The third kappa shape index (κ3) is 4.34. The Balaban J connectivity index is 1.56. The van der Waals surface area contributed by atoms with E-state index < -0.39 is 0 Å². The van der Waals surface area contributed by atoms with Crippen LogP contribution in [-0.4, -0.2) is 48.9 Å². The second kappa shape index (κ2) is 7.77. The Kier molecular flexibility index (Phi) is 5.45. The zero-order valence-corrected chi connectivity index (χ0v) is 15.5. The highest BCUT2D eigenvalue weighted by Crippen LogP contribution is 2.42. The lowest BCUT2D eigenvalue weighted by Crippen LogP contribution is -2.44. The predicted molar refractivity (Wildman–Crippen MR) is 100 cm³/mol.